The van der Waals surface area contributed by atoms with Crippen LogP contribution in [0.1, 0.15) is 60.8 Å². The molecular weight excluding hydrogens is 200 g/mol. The largest absolute Gasteiger partial charge is 0.392 e. The zero-order chi connectivity index (χ0) is 12.6. The topological polar surface area (TPSA) is 29.5 Å². The van der Waals surface area contributed by atoms with Crippen molar-refractivity contribution < 1.29 is 9.84 Å². The van der Waals surface area contributed by atoms with E-state index in [1.807, 2.05) is 0 Å². The van der Waals surface area contributed by atoms with Crippen LogP contribution in [0.15, 0.2) is 0 Å². The van der Waals surface area contributed by atoms with Crippen molar-refractivity contribution in [3.8, 4) is 0 Å². The van der Waals surface area contributed by atoms with E-state index in [1.54, 1.807) is 0 Å². The predicted molar refractivity (Wildman–Crippen MR) is 67.4 cm³/mol. The molecule has 0 radical (unpaired) electrons. The Labute approximate surface area is 100 Å². The Hall–Kier alpha value is -0.0800. The number of hydrogen-bond donors (Lipinski definition) is 1. The molecule has 1 heterocycles. The van der Waals surface area contributed by atoms with E-state index in [1.165, 1.54) is 0 Å². The molecule has 1 aliphatic rings. The molecule has 0 amide bonds. The van der Waals surface area contributed by atoms with Crippen LogP contribution in [0.25, 0.3) is 0 Å². The van der Waals surface area contributed by atoms with Gasteiger partial charge in [0.2, 0.25) is 0 Å². The molecule has 2 heteroatoms. The first-order valence-electron chi connectivity index (χ1n) is 6.61. The highest BCUT2D eigenvalue weighted by Crippen LogP contribution is 2.45. The van der Waals surface area contributed by atoms with E-state index in [-0.39, 0.29) is 23.2 Å². The minimum absolute atomic E-state index is 0.0961. The zero-order valence-electron chi connectivity index (χ0n) is 11.7. The van der Waals surface area contributed by atoms with Crippen molar-refractivity contribution in [2.75, 3.05) is 0 Å². The quantitative estimate of drug-likeness (QED) is 0.799. The smallest absolute Gasteiger partial charge is 0.0687 e. The van der Waals surface area contributed by atoms with E-state index in [2.05, 4.69) is 41.5 Å². The van der Waals surface area contributed by atoms with Crippen LogP contribution >= 0.6 is 0 Å². The highest BCUT2D eigenvalue weighted by molar-refractivity contribution is 4.98. The molecule has 0 aliphatic carbocycles. The van der Waals surface area contributed by atoms with Crippen molar-refractivity contribution in [2.45, 2.75) is 78.1 Å². The fraction of sp³-hybridized carbons (Fsp3) is 1.00. The average molecular weight is 228 g/mol. The summed E-state index contributed by atoms with van der Waals surface area (Å²) in [7, 11) is 0. The highest BCUT2D eigenvalue weighted by Gasteiger charge is 2.49. The minimum atomic E-state index is -0.230. The third-order valence-electron chi connectivity index (χ3n) is 4.09. The maximum Gasteiger partial charge on any atom is 0.0687 e. The minimum Gasteiger partial charge on any atom is -0.392 e. The molecule has 1 rings (SSSR count). The molecular formula is C14H28O2. The van der Waals surface area contributed by atoms with Gasteiger partial charge < -0.3 is 9.84 Å². The van der Waals surface area contributed by atoms with Crippen LogP contribution in [0.3, 0.4) is 0 Å². The standard InChI is InChI=1S/C14H28O2/c1-7-10(8-2)12(15)11-9-13(3,4)16-14(11,5)6/h10-12,15H,7-9H2,1-6H3. The summed E-state index contributed by atoms with van der Waals surface area (Å²) in [5.41, 5.74) is -0.299. The third kappa shape index (κ3) is 2.78. The number of hydrogen-bond acceptors (Lipinski definition) is 2. The van der Waals surface area contributed by atoms with Crippen LogP contribution in [0.2, 0.25) is 0 Å². The van der Waals surface area contributed by atoms with E-state index in [0.29, 0.717) is 5.92 Å². The molecule has 1 saturated heterocycles. The first kappa shape index (κ1) is 14.0. The van der Waals surface area contributed by atoms with Crippen molar-refractivity contribution in [3.63, 3.8) is 0 Å². The Morgan fingerprint density at radius 1 is 1.19 bits per heavy atom. The summed E-state index contributed by atoms with van der Waals surface area (Å²) in [6, 6.07) is 0. The van der Waals surface area contributed by atoms with Crippen molar-refractivity contribution in [1.29, 1.82) is 0 Å². The number of rotatable bonds is 4. The van der Waals surface area contributed by atoms with Crippen LogP contribution in [-0.4, -0.2) is 22.4 Å². The van der Waals surface area contributed by atoms with Gasteiger partial charge in [-0.1, -0.05) is 26.7 Å². The molecule has 0 spiro atoms. The van der Waals surface area contributed by atoms with Gasteiger partial charge >= 0.3 is 0 Å². The molecule has 2 unspecified atom stereocenters. The van der Waals surface area contributed by atoms with E-state index in [0.717, 1.165) is 19.3 Å². The predicted octanol–water partition coefficient (Wildman–Crippen LogP) is 3.38. The SMILES string of the molecule is CCC(CC)C(O)C1CC(C)(C)OC1(C)C. The highest BCUT2D eigenvalue weighted by atomic mass is 16.5. The average Bonchev–Trinajstić information content (AvgIpc) is 2.36. The summed E-state index contributed by atoms with van der Waals surface area (Å²) in [5.74, 6) is 0.661. The van der Waals surface area contributed by atoms with Crippen LogP contribution in [0.5, 0.6) is 0 Å². The van der Waals surface area contributed by atoms with Gasteiger partial charge in [0, 0.05) is 5.92 Å². The van der Waals surface area contributed by atoms with Gasteiger partial charge in [-0.05, 0) is 40.0 Å². The number of ether oxygens (including phenoxy) is 1. The van der Waals surface area contributed by atoms with Gasteiger partial charge in [-0.15, -0.1) is 0 Å². The molecule has 0 bridgehead atoms. The monoisotopic (exact) mass is 228 g/mol. The zero-order valence-corrected chi connectivity index (χ0v) is 11.7. The molecule has 0 saturated carbocycles. The summed E-state index contributed by atoms with van der Waals surface area (Å²) in [6.45, 7) is 12.8. The van der Waals surface area contributed by atoms with Gasteiger partial charge in [0.15, 0.2) is 0 Å². The van der Waals surface area contributed by atoms with Crippen molar-refractivity contribution >= 4 is 0 Å². The van der Waals surface area contributed by atoms with Gasteiger partial charge in [-0.25, -0.2) is 0 Å². The van der Waals surface area contributed by atoms with E-state index in [4.69, 9.17) is 4.74 Å². The van der Waals surface area contributed by atoms with Gasteiger partial charge in [0.25, 0.3) is 0 Å². The van der Waals surface area contributed by atoms with Gasteiger partial charge in [-0.2, -0.15) is 0 Å². The Morgan fingerprint density at radius 2 is 1.69 bits per heavy atom. The Bertz CT molecular complexity index is 229. The van der Waals surface area contributed by atoms with E-state index in [9.17, 15) is 5.11 Å². The second kappa shape index (κ2) is 4.66. The van der Waals surface area contributed by atoms with Crippen molar-refractivity contribution in [1.82, 2.24) is 0 Å². The molecule has 0 aromatic rings. The van der Waals surface area contributed by atoms with Gasteiger partial charge in [0.05, 0.1) is 17.3 Å². The van der Waals surface area contributed by atoms with Crippen molar-refractivity contribution in [3.05, 3.63) is 0 Å². The summed E-state index contributed by atoms with van der Waals surface area (Å²) in [4.78, 5) is 0. The lowest BCUT2D eigenvalue weighted by Gasteiger charge is -2.33. The van der Waals surface area contributed by atoms with E-state index < -0.39 is 0 Å². The fourth-order valence-electron chi connectivity index (χ4n) is 3.24. The molecule has 16 heavy (non-hydrogen) atoms. The fourth-order valence-corrected chi connectivity index (χ4v) is 3.24. The second-order valence-corrected chi connectivity index (χ2v) is 6.34. The Morgan fingerprint density at radius 3 is 2.00 bits per heavy atom. The second-order valence-electron chi connectivity index (χ2n) is 6.34. The molecule has 2 nitrogen and oxygen atoms in total. The molecule has 1 N–H and O–H groups in total. The molecule has 0 aromatic heterocycles. The molecule has 0 aromatic carbocycles. The van der Waals surface area contributed by atoms with Gasteiger partial charge in [-0.3, -0.25) is 0 Å². The maximum atomic E-state index is 10.5. The van der Waals surface area contributed by atoms with Crippen molar-refractivity contribution in [2.24, 2.45) is 11.8 Å². The summed E-state index contributed by atoms with van der Waals surface area (Å²) in [6.07, 6.45) is 2.82. The number of aliphatic hydroxyl groups is 1. The lowest BCUT2D eigenvalue weighted by atomic mass is 9.77. The third-order valence-corrected chi connectivity index (χ3v) is 4.09. The first-order chi connectivity index (χ1) is 7.23. The summed E-state index contributed by atoms with van der Waals surface area (Å²) < 4.78 is 6.05. The Kier molecular flexibility index (Phi) is 4.07. The maximum absolute atomic E-state index is 10.5. The lowest BCUT2D eigenvalue weighted by molar-refractivity contribution is -0.0940. The molecule has 1 aliphatic heterocycles. The number of aliphatic hydroxyl groups excluding tert-OH is 1. The summed E-state index contributed by atoms with van der Waals surface area (Å²) in [5, 5.41) is 10.5. The molecule has 2 atom stereocenters. The molecule has 96 valence electrons. The lowest BCUT2D eigenvalue weighted by Crippen LogP contribution is -2.39. The first-order valence-corrected chi connectivity index (χ1v) is 6.61. The van der Waals surface area contributed by atoms with E-state index >= 15 is 0 Å². The van der Waals surface area contributed by atoms with Gasteiger partial charge in [0.1, 0.15) is 0 Å². The van der Waals surface area contributed by atoms with Crippen LogP contribution < -0.4 is 0 Å². The Balaban J connectivity index is 2.80. The van der Waals surface area contributed by atoms with Crippen LogP contribution in [-0.2, 0) is 4.74 Å². The molecule has 1 fully saturated rings. The summed E-state index contributed by atoms with van der Waals surface area (Å²) >= 11 is 0. The van der Waals surface area contributed by atoms with Crippen LogP contribution in [0, 0.1) is 11.8 Å². The normalized spacial score (nSPS) is 29.6. The van der Waals surface area contributed by atoms with Crippen LogP contribution in [0.4, 0.5) is 0 Å².